The van der Waals surface area contributed by atoms with Crippen LogP contribution in [0.3, 0.4) is 0 Å². The highest BCUT2D eigenvalue weighted by Gasteiger charge is 2.67. The predicted molar refractivity (Wildman–Crippen MR) is 121 cm³/mol. The number of ether oxygens (including phenoxy) is 1. The number of amides is 3. The summed E-state index contributed by atoms with van der Waals surface area (Å²) in [6.45, 7) is 4.74. The van der Waals surface area contributed by atoms with Crippen molar-refractivity contribution >= 4 is 61.2 Å². The lowest BCUT2D eigenvalue weighted by molar-refractivity contribution is -0.159. The zero-order chi connectivity index (χ0) is 22.6. The van der Waals surface area contributed by atoms with E-state index in [1.807, 2.05) is 32.0 Å². The Labute approximate surface area is 197 Å². The third-order valence-electron chi connectivity index (χ3n) is 6.84. The van der Waals surface area contributed by atoms with Crippen molar-refractivity contribution < 1.29 is 23.9 Å². The van der Waals surface area contributed by atoms with Crippen molar-refractivity contribution in [3.05, 3.63) is 29.3 Å². The Morgan fingerprint density at radius 3 is 2.13 bits per heavy atom. The van der Waals surface area contributed by atoms with Crippen molar-refractivity contribution in [2.24, 2.45) is 23.7 Å². The minimum Gasteiger partial charge on any atom is -0.454 e. The molecular formula is C22H24Br2N2O5. The van der Waals surface area contributed by atoms with E-state index >= 15 is 0 Å². The third kappa shape index (κ3) is 3.63. The molecular weight excluding hydrogens is 532 g/mol. The molecule has 1 aromatic carbocycles. The minimum atomic E-state index is -1.07. The lowest BCUT2D eigenvalue weighted by Gasteiger charge is -2.28. The fourth-order valence-electron chi connectivity index (χ4n) is 5.30. The maximum atomic E-state index is 13.0. The molecule has 2 saturated carbocycles. The molecule has 3 amide bonds. The fourth-order valence-corrected chi connectivity index (χ4v) is 7.18. The van der Waals surface area contributed by atoms with Crippen LogP contribution in [0.1, 0.15) is 24.5 Å². The van der Waals surface area contributed by atoms with E-state index in [0.29, 0.717) is 5.69 Å². The molecule has 31 heavy (non-hydrogen) atoms. The molecule has 4 rings (SSSR count). The number of hydrogen-bond donors (Lipinski definition) is 1. The maximum absolute atomic E-state index is 13.0. The number of benzene rings is 1. The molecule has 166 valence electrons. The summed E-state index contributed by atoms with van der Waals surface area (Å²) in [5, 5.41) is 2.75. The standard InChI is InChI=1S/C22H24Br2N2O5/c1-9-5-4-6-10(2)19(9)25-14(27)8-31-22(30)11(3)26-20(28)15-12-7-13(16(15)21(26)29)18(24)17(12)23/h4-6,11-13,15-18H,7-8H2,1-3H3,(H,25,27)/t11-,12+,13+,15-,16+,17-,18+/m0/s1. The highest BCUT2D eigenvalue weighted by atomic mass is 79.9. The molecule has 2 bridgehead atoms. The van der Waals surface area contributed by atoms with Crippen LogP contribution in [0.25, 0.3) is 0 Å². The first kappa shape index (κ1) is 22.5. The van der Waals surface area contributed by atoms with Gasteiger partial charge in [0.15, 0.2) is 6.61 Å². The average Bonchev–Trinajstić information content (AvgIpc) is 3.33. The molecule has 1 N–H and O–H groups in total. The maximum Gasteiger partial charge on any atom is 0.329 e. The quantitative estimate of drug-likeness (QED) is 0.342. The number of anilines is 1. The van der Waals surface area contributed by atoms with Gasteiger partial charge in [-0.15, -0.1) is 0 Å². The summed E-state index contributed by atoms with van der Waals surface area (Å²) in [5.41, 5.74) is 2.48. The highest BCUT2D eigenvalue weighted by Crippen LogP contribution is 2.60. The normalized spacial score (nSPS) is 32.2. The number of aryl methyl sites for hydroxylation is 2. The van der Waals surface area contributed by atoms with Crippen LogP contribution in [-0.4, -0.2) is 50.9 Å². The number of nitrogens with zero attached hydrogens (tertiary/aromatic N) is 1. The van der Waals surface area contributed by atoms with Crippen molar-refractivity contribution in [3.63, 3.8) is 0 Å². The van der Waals surface area contributed by atoms with Gasteiger partial charge in [-0.2, -0.15) is 0 Å². The summed E-state index contributed by atoms with van der Waals surface area (Å²) in [7, 11) is 0. The number of hydrogen-bond acceptors (Lipinski definition) is 5. The zero-order valence-corrected chi connectivity index (χ0v) is 20.6. The molecule has 0 spiro atoms. The van der Waals surface area contributed by atoms with E-state index < -0.39 is 36.4 Å². The molecule has 1 aliphatic heterocycles. The van der Waals surface area contributed by atoms with Crippen LogP contribution in [0.15, 0.2) is 18.2 Å². The van der Waals surface area contributed by atoms with Crippen LogP contribution in [-0.2, 0) is 23.9 Å². The second-order valence-electron chi connectivity index (χ2n) is 8.65. The molecule has 1 aromatic rings. The molecule has 0 aromatic heterocycles. The molecule has 7 nitrogen and oxygen atoms in total. The molecule has 7 atom stereocenters. The molecule has 1 saturated heterocycles. The number of rotatable bonds is 5. The number of esters is 1. The molecule has 2 aliphatic carbocycles. The van der Waals surface area contributed by atoms with Crippen molar-refractivity contribution in [2.75, 3.05) is 11.9 Å². The lowest BCUT2D eigenvalue weighted by atomic mass is 9.81. The van der Waals surface area contributed by atoms with Crippen LogP contribution in [0.2, 0.25) is 0 Å². The van der Waals surface area contributed by atoms with E-state index in [1.165, 1.54) is 6.92 Å². The van der Waals surface area contributed by atoms with Gasteiger partial charge in [-0.3, -0.25) is 19.3 Å². The van der Waals surface area contributed by atoms with Crippen molar-refractivity contribution in [3.8, 4) is 0 Å². The Bertz CT molecular complexity index is 915. The minimum absolute atomic E-state index is 0.0761. The summed E-state index contributed by atoms with van der Waals surface area (Å²) >= 11 is 7.29. The van der Waals surface area contributed by atoms with Gasteiger partial charge in [0, 0.05) is 15.3 Å². The Morgan fingerprint density at radius 2 is 1.61 bits per heavy atom. The van der Waals surface area contributed by atoms with E-state index in [-0.39, 0.29) is 33.3 Å². The smallest absolute Gasteiger partial charge is 0.329 e. The Morgan fingerprint density at radius 1 is 1.10 bits per heavy atom. The number of fused-ring (bicyclic) bond motifs is 5. The van der Waals surface area contributed by atoms with Crippen LogP contribution in [0.4, 0.5) is 5.69 Å². The van der Waals surface area contributed by atoms with E-state index in [4.69, 9.17) is 4.74 Å². The van der Waals surface area contributed by atoms with E-state index in [0.717, 1.165) is 22.4 Å². The molecule has 1 heterocycles. The monoisotopic (exact) mass is 554 g/mol. The second kappa shape index (κ2) is 8.31. The van der Waals surface area contributed by atoms with Crippen molar-refractivity contribution in [2.45, 2.75) is 42.9 Å². The first-order valence-electron chi connectivity index (χ1n) is 10.3. The topological polar surface area (TPSA) is 92.8 Å². The summed E-state index contributed by atoms with van der Waals surface area (Å²) in [6, 6.07) is 4.57. The van der Waals surface area contributed by atoms with Gasteiger partial charge in [0.05, 0.1) is 11.8 Å². The average molecular weight is 556 g/mol. The van der Waals surface area contributed by atoms with E-state index in [2.05, 4.69) is 37.2 Å². The second-order valence-corrected chi connectivity index (χ2v) is 10.8. The number of carbonyl (C=O) groups excluding carboxylic acids is 4. The van der Waals surface area contributed by atoms with E-state index in [9.17, 15) is 19.2 Å². The van der Waals surface area contributed by atoms with Crippen LogP contribution in [0, 0.1) is 37.5 Å². The number of likely N-dealkylation sites (tertiary alicyclic amines) is 1. The van der Waals surface area contributed by atoms with Gasteiger partial charge in [-0.05, 0) is 50.2 Å². The summed E-state index contributed by atoms with van der Waals surface area (Å²) in [4.78, 5) is 52.2. The molecule has 3 fully saturated rings. The van der Waals surface area contributed by atoms with Crippen LogP contribution < -0.4 is 5.32 Å². The lowest BCUT2D eigenvalue weighted by Crippen LogP contribution is -2.45. The summed E-state index contributed by atoms with van der Waals surface area (Å²) in [5.74, 6) is -2.49. The highest BCUT2D eigenvalue weighted by molar-refractivity contribution is 9.12. The Kier molecular flexibility index (Phi) is 6.02. The largest absolute Gasteiger partial charge is 0.454 e. The zero-order valence-electron chi connectivity index (χ0n) is 17.4. The molecule has 0 radical (unpaired) electrons. The summed E-state index contributed by atoms with van der Waals surface area (Å²) < 4.78 is 5.14. The Balaban J connectivity index is 1.38. The third-order valence-corrected chi connectivity index (χ3v) is 10.0. The number of nitrogens with one attached hydrogen (secondary N) is 1. The summed E-state index contributed by atoms with van der Waals surface area (Å²) in [6.07, 6.45) is 0.823. The molecule has 0 unspecified atom stereocenters. The fraction of sp³-hybridized carbons (Fsp3) is 0.545. The number of carbonyl (C=O) groups is 4. The van der Waals surface area contributed by atoms with Crippen LogP contribution in [0.5, 0.6) is 0 Å². The van der Waals surface area contributed by atoms with Gasteiger partial charge < -0.3 is 10.1 Å². The number of alkyl halides is 2. The predicted octanol–water partition coefficient (Wildman–Crippen LogP) is 2.95. The Hall–Kier alpha value is -1.74. The molecule has 9 heteroatoms. The molecule has 3 aliphatic rings. The number of halogens is 2. The van der Waals surface area contributed by atoms with Gasteiger partial charge >= 0.3 is 5.97 Å². The van der Waals surface area contributed by atoms with Gasteiger partial charge in [0.2, 0.25) is 11.8 Å². The van der Waals surface area contributed by atoms with Gasteiger partial charge in [0.1, 0.15) is 6.04 Å². The number of imide groups is 1. The number of para-hydroxylation sites is 1. The van der Waals surface area contributed by atoms with Gasteiger partial charge in [0.25, 0.3) is 5.91 Å². The van der Waals surface area contributed by atoms with Gasteiger partial charge in [-0.1, -0.05) is 50.1 Å². The first-order chi connectivity index (χ1) is 14.6. The SMILES string of the molecule is Cc1cccc(C)c1NC(=O)COC(=O)[C@H](C)N1C(=O)[C@@H]2[C@H]3C[C@@H]([C@H](Br)[C@@H]3Br)[C@@H]2C1=O. The van der Waals surface area contributed by atoms with Crippen molar-refractivity contribution in [1.82, 2.24) is 4.90 Å². The van der Waals surface area contributed by atoms with Crippen molar-refractivity contribution in [1.29, 1.82) is 0 Å². The van der Waals surface area contributed by atoms with Crippen LogP contribution >= 0.6 is 31.9 Å². The first-order valence-corrected chi connectivity index (χ1v) is 12.1. The van der Waals surface area contributed by atoms with E-state index in [1.54, 1.807) is 0 Å². The van der Waals surface area contributed by atoms with Gasteiger partial charge in [-0.25, -0.2) is 4.79 Å².